The first-order chi connectivity index (χ1) is 11.1. The zero-order valence-electron chi connectivity index (χ0n) is 13.6. The molecule has 0 aromatic carbocycles. The van der Waals surface area contributed by atoms with Gasteiger partial charge in [-0.3, -0.25) is 10.1 Å². The molecular formula is C16H25N5O2. The monoisotopic (exact) mass is 319 g/mol. The Labute approximate surface area is 136 Å². The largest absolute Gasteiger partial charge is 0.367 e. The Kier molecular flexibility index (Phi) is 5.07. The van der Waals surface area contributed by atoms with Crippen molar-refractivity contribution in [1.82, 2.24) is 14.8 Å². The molecule has 1 aromatic heterocycles. The number of nitrogens with zero attached hydrogens (tertiary/aromatic N) is 4. The Morgan fingerprint density at radius 3 is 2.43 bits per heavy atom. The number of rotatable bonds is 4. The first-order valence-electron chi connectivity index (χ1n) is 8.41. The van der Waals surface area contributed by atoms with E-state index in [1.807, 2.05) is 0 Å². The number of nitrogens with one attached hydrogen (secondary N) is 1. The third-order valence-electron chi connectivity index (χ3n) is 5.04. The Morgan fingerprint density at radius 2 is 1.87 bits per heavy atom. The van der Waals surface area contributed by atoms with Gasteiger partial charge in [-0.05, 0) is 51.9 Å². The van der Waals surface area contributed by atoms with Gasteiger partial charge >= 0.3 is 0 Å². The Balaban J connectivity index is 1.46. The minimum atomic E-state index is -0.420. The second kappa shape index (κ2) is 7.23. The SMILES string of the molecule is CN1CCC(N2CCC(Nc3ccc([N+](=O)[O-])cn3)CC2)CC1. The van der Waals surface area contributed by atoms with Crippen LogP contribution in [0.2, 0.25) is 0 Å². The minimum absolute atomic E-state index is 0.0348. The third kappa shape index (κ3) is 4.17. The average Bonchev–Trinajstić information content (AvgIpc) is 2.57. The van der Waals surface area contributed by atoms with Crippen molar-refractivity contribution in [2.75, 3.05) is 38.5 Å². The van der Waals surface area contributed by atoms with Gasteiger partial charge in [0, 0.05) is 31.2 Å². The summed E-state index contributed by atoms with van der Waals surface area (Å²) in [6.07, 6.45) is 6.07. The van der Waals surface area contributed by atoms with Crippen LogP contribution in [-0.4, -0.2) is 65.0 Å². The van der Waals surface area contributed by atoms with Gasteiger partial charge in [-0.25, -0.2) is 4.98 Å². The maximum Gasteiger partial charge on any atom is 0.287 e. The second-order valence-corrected chi connectivity index (χ2v) is 6.65. The summed E-state index contributed by atoms with van der Waals surface area (Å²) in [7, 11) is 2.20. The van der Waals surface area contributed by atoms with Gasteiger partial charge in [0.2, 0.25) is 0 Å². The van der Waals surface area contributed by atoms with E-state index < -0.39 is 4.92 Å². The second-order valence-electron chi connectivity index (χ2n) is 6.65. The van der Waals surface area contributed by atoms with E-state index in [1.165, 1.54) is 38.2 Å². The van der Waals surface area contributed by atoms with Crippen LogP contribution < -0.4 is 5.32 Å². The van der Waals surface area contributed by atoms with Gasteiger partial charge in [-0.2, -0.15) is 0 Å². The number of piperidine rings is 2. The highest BCUT2D eigenvalue weighted by molar-refractivity contribution is 5.40. The van der Waals surface area contributed by atoms with Crippen LogP contribution in [0.25, 0.3) is 0 Å². The average molecular weight is 319 g/mol. The van der Waals surface area contributed by atoms with Crippen LogP contribution in [0.4, 0.5) is 11.5 Å². The fraction of sp³-hybridized carbons (Fsp3) is 0.688. The molecule has 126 valence electrons. The molecule has 0 amide bonds. The van der Waals surface area contributed by atoms with E-state index >= 15 is 0 Å². The standard InChI is InChI=1S/C16H25N5O2/c1-19-8-6-14(7-9-19)20-10-4-13(5-11-20)18-16-3-2-15(12-17-16)21(22)23/h2-3,12-14H,4-11H2,1H3,(H,17,18). The lowest BCUT2D eigenvalue weighted by Gasteiger charge is -2.41. The van der Waals surface area contributed by atoms with Crippen molar-refractivity contribution in [1.29, 1.82) is 0 Å². The molecule has 0 atom stereocenters. The molecular weight excluding hydrogens is 294 g/mol. The highest BCUT2D eigenvalue weighted by Gasteiger charge is 2.27. The topological polar surface area (TPSA) is 74.5 Å². The van der Waals surface area contributed by atoms with Crippen molar-refractivity contribution in [2.45, 2.75) is 37.8 Å². The van der Waals surface area contributed by atoms with Crippen LogP contribution in [0.3, 0.4) is 0 Å². The smallest absolute Gasteiger partial charge is 0.287 e. The van der Waals surface area contributed by atoms with E-state index in [9.17, 15) is 10.1 Å². The van der Waals surface area contributed by atoms with E-state index in [0.29, 0.717) is 6.04 Å². The summed E-state index contributed by atoms with van der Waals surface area (Å²) in [4.78, 5) is 19.4. The number of anilines is 1. The first-order valence-corrected chi connectivity index (χ1v) is 8.41. The number of aromatic nitrogens is 1. The fourth-order valence-electron chi connectivity index (χ4n) is 3.56. The van der Waals surface area contributed by atoms with Gasteiger partial charge in [-0.15, -0.1) is 0 Å². The Bertz CT molecular complexity index is 520. The fourth-order valence-corrected chi connectivity index (χ4v) is 3.56. The Morgan fingerprint density at radius 1 is 1.17 bits per heavy atom. The number of pyridine rings is 1. The summed E-state index contributed by atoms with van der Waals surface area (Å²) in [5.74, 6) is 0.730. The number of nitro groups is 1. The summed E-state index contributed by atoms with van der Waals surface area (Å²) in [5, 5.41) is 14.1. The van der Waals surface area contributed by atoms with Gasteiger partial charge in [-0.1, -0.05) is 0 Å². The van der Waals surface area contributed by atoms with Gasteiger partial charge in [0.05, 0.1) is 4.92 Å². The van der Waals surface area contributed by atoms with E-state index in [1.54, 1.807) is 6.07 Å². The van der Waals surface area contributed by atoms with Gasteiger partial charge in [0.25, 0.3) is 5.69 Å². The molecule has 2 aliphatic heterocycles. The van der Waals surface area contributed by atoms with Crippen molar-refractivity contribution in [3.8, 4) is 0 Å². The van der Waals surface area contributed by atoms with Crippen LogP contribution in [-0.2, 0) is 0 Å². The number of hydrogen-bond acceptors (Lipinski definition) is 6. The third-order valence-corrected chi connectivity index (χ3v) is 5.04. The lowest BCUT2D eigenvalue weighted by atomic mass is 9.98. The molecule has 0 saturated carbocycles. The lowest BCUT2D eigenvalue weighted by Crippen LogP contribution is -2.48. The van der Waals surface area contributed by atoms with Crippen molar-refractivity contribution >= 4 is 11.5 Å². The number of hydrogen-bond donors (Lipinski definition) is 1. The molecule has 7 heteroatoms. The molecule has 2 fully saturated rings. The zero-order valence-corrected chi connectivity index (χ0v) is 13.6. The van der Waals surface area contributed by atoms with E-state index in [-0.39, 0.29) is 5.69 Å². The molecule has 23 heavy (non-hydrogen) atoms. The molecule has 7 nitrogen and oxygen atoms in total. The highest BCUT2D eigenvalue weighted by Crippen LogP contribution is 2.22. The van der Waals surface area contributed by atoms with E-state index in [2.05, 4.69) is 27.1 Å². The van der Waals surface area contributed by atoms with Crippen LogP contribution >= 0.6 is 0 Å². The summed E-state index contributed by atoms with van der Waals surface area (Å²) in [5.41, 5.74) is 0.0348. The van der Waals surface area contributed by atoms with Gasteiger partial charge in [0.15, 0.2) is 0 Å². The predicted molar refractivity (Wildman–Crippen MR) is 89.6 cm³/mol. The molecule has 2 saturated heterocycles. The quantitative estimate of drug-likeness (QED) is 0.675. The Hall–Kier alpha value is -1.73. The normalized spacial score (nSPS) is 22.1. The van der Waals surface area contributed by atoms with Crippen molar-refractivity contribution in [2.24, 2.45) is 0 Å². The zero-order chi connectivity index (χ0) is 16.2. The molecule has 2 aliphatic rings. The molecule has 3 heterocycles. The molecule has 0 spiro atoms. The van der Waals surface area contributed by atoms with Crippen molar-refractivity contribution in [3.63, 3.8) is 0 Å². The molecule has 0 aliphatic carbocycles. The minimum Gasteiger partial charge on any atom is -0.367 e. The molecule has 1 N–H and O–H groups in total. The summed E-state index contributed by atoms with van der Waals surface area (Å²) < 4.78 is 0. The van der Waals surface area contributed by atoms with Gasteiger partial charge < -0.3 is 15.1 Å². The van der Waals surface area contributed by atoms with Crippen molar-refractivity contribution in [3.05, 3.63) is 28.4 Å². The lowest BCUT2D eigenvalue weighted by molar-refractivity contribution is -0.385. The van der Waals surface area contributed by atoms with E-state index in [0.717, 1.165) is 37.8 Å². The maximum atomic E-state index is 10.6. The molecule has 1 aromatic rings. The first kappa shape index (κ1) is 16.1. The van der Waals surface area contributed by atoms with E-state index in [4.69, 9.17) is 0 Å². The van der Waals surface area contributed by atoms with Crippen LogP contribution in [0.15, 0.2) is 18.3 Å². The molecule has 3 rings (SSSR count). The predicted octanol–water partition coefficient (Wildman–Crippen LogP) is 1.96. The summed E-state index contributed by atoms with van der Waals surface area (Å²) >= 11 is 0. The number of likely N-dealkylation sites (tertiary alicyclic amines) is 2. The molecule has 0 bridgehead atoms. The van der Waals surface area contributed by atoms with Crippen LogP contribution in [0, 0.1) is 10.1 Å². The van der Waals surface area contributed by atoms with Crippen LogP contribution in [0.5, 0.6) is 0 Å². The molecule has 0 unspecified atom stereocenters. The van der Waals surface area contributed by atoms with Crippen molar-refractivity contribution < 1.29 is 4.92 Å². The molecule has 0 radical (unpaired) electrons. The van der Waals surface area contributed by atoms with Crippen LogP contribution in [0.1, 0.15) is 25.7 Å². The van der Waals surface area contributed by atoms with Gasteiger partial charge in [0.1, 0.15) is 12.0 Å². The maximum absolute atomic E-state index is 10.6. The summed E-state index contributed by atoms with van der Waals surface area (Å²) in [6, 6.07) is 4.35. The highest BCUT2D eigenvalue weighted by atomic mass is 16.6. The summed E-state index contributed by atoms with van der Waals surface area (Å²) in [6.45, 7) is 4.66.